The van der Waals surface area contributed by atoms with E-state index >= 15 is 0 Å². The minimum Gasteiger partial charge on any atom is -0.509 e. The number of methoxy groups -OCH3 is 1. The first-order chi connectivity index (χ1) is 20.9. The first-order valence-electron chi connectivity index (χ1n) is 13.3. The topological polar surface area (TPSA) is 144 Å². The number of benzene rings is 3. The van der Waals surface area contributed by atoms with Crippen molar-refractivity contribution in [3.8, 4) is 5.75 Å². The van der Waals surface area contributed by atoms with E-state index in [1.807, 2.05) is 18.2 Å². The molecule has 3 aromatic carbocycles. The van der Waals surface area contributed by atoms with E-state index in [0.29, 0.717) is 16.9 Å². The van der Waals surface area contributed by atoms with Crippen LogP contribution in [0.4, 0.5) is 4.79 Å². The fraction of sp³-hybridized carbons (Fsp3) is 0.226. The summed E-state index contributed by atoms with van der Waals surface area (Å²) in [6.07, 6.45) is -0.809. The van der Waals surface area contributed by atoms with Crippen LogP contribution in [-0.2, 0) is 37.1 Å². The monoisotopic (exact) mass is 603 g/mol. The number of aliphatic hydroxyl groups excluding tert-OH is 1. The Kier molecular flexibility index (Phi) is 9.16. The Morgan fingerprint density at radius 2 is 1.56 bits per heavy atom. The highest BCUT2D eigenvalue weighted by Gasteiger charge is 2.55. The second-order valence-corrected chi connectivity index (χ2v) is 10.8. The van der Waals surface area contributed by atoms with Crippen molar-refractivity contribution in [2.45, 2.75) is 30.7 Å². The molecule has 43 heavy (non-hydrogen) atoms. The van der Waals surface area contributed by atoms with Crippen molar-refractivity contribution < 1.29 is 38.5 Å². The number of carbonyl (C=O) groups excluding carboxylic acids is 4. The van der Waals surface area contributed by atoms with E-state index in [9.17, 15) is 24.3 Å². The number of thioether (sulfide) groups is 1. The van der Waals surface area contributed by atoms with Gasteiger partial charge in [0.05, 0.1) is 12.9 Å². The van der Waals surface area contributed by atoms with E-state index in [1.165, 1.54) is 11.8 Å². The number of rotatable bonds is 10. The summed E-state index contributed by atoms with van der Waals surface area (Å²) in [6.45, 7) is -0.0673. The largest absolute Gasteiger partial charge is 0.509 e. The maximum Gasteiger partial charge on any atom is 0.408 e. The van der Waals surface area contributed by atoms with Crippen LogP contribution in [0.15, 0.2) is 96.4 Å². The Balaban J connectivity index is 1.23. The minimum atomic E-state index is -1.15. The van der Waals surface area contributed by atoms with Crippen LogP contribution in [0.25, 0.3) is 0 Å². The van der Waals surface area contributed by atoms with Crippen molar-refractivity contribution in [3.63, 3.8) is 0 Å². The molecule has 3 N–H and O–H groups in total. The van der Waals surface area contributed by atoms with Crippen molar-refractivity contribution in [2.24, 2.45) is 0 Å². The van der Waals surface area contributed by atoms with Gasteiger partial charge in [-0.05, 0) is 28.8 Å². The number of β-lactam (4-membered cyclic amide) rings is 1. The predicted octanol–water partition coefficient (Wildman–Crippen LogP) is 3.58. The normalized spacial score (nSPS) is 18.1. The third-order valence-corrected chi connectivity index (χ3v) is 8.10. The van der Waals surface area contributed by atoms with Crippen molar-refractivity contribution in [3.05, 3.63) is 113 Å². The number of hydrogen-bond donors (Lipinski definition) is 3. The number of nitrogens with zero attached hydrogens (tertiary/aromatic N) is 1. The second kappa shape index (κ2) is 13.3. The lowest BCUT2D eigenvalue weighted by atomic mass is 10.0. The van der Waals surface area contributed by atoms with Crippen LogP contribution in [0.3, 0.4) is 0 Å². The quantitative estimate of drug-likeness (QED) is 0.234. The van der Waals surface area contributed by atoms with Crippen LogP contribution in [-0.4, -0.2) is 58.2 Å². The Labute approximate surface area is 251 Å². The molecule has 3 atom stereocenters. The van der Waals surface area contributed by atoms with E-state index in [0.717, 1.165) is 10.5 Å². The van der Waals surface area contributed by atoms with Crippen LogP contribution in [0.5, 0.6) is 5.75 Å². The molecule has 222 valence electrons. The van der Waals surface area contributed by atoms with Gasteiger partial charge < -0.3 is 30.0 Å². The van der Waals surface area contributed by atoms with Gasteiger partial charge in [0.1, 0.15) is 42.2 Å². The average molecular weight is 604 g/mol. The molecule has 11 nitrogen and oxygen atoms in total. The molecule has 0 bridgehead atoms. The number of ether oxygens (including phenoxy) is 3. The number of aliphatic hydroxyl groups is 1. The van der Waals surface area contributed by atoms with Gasteiger partial charge in [0, 0.05) is 0 Å². The zero-order chi connectivity index (χ0) is 30.3. The lowest BCUT2D eigenvalue weighted by molar-refractivity contribution is -0.154. The number of nitrogens with one attached hydrogen (secondary N) is 2. The first kappa shape index (κ1) is 29.5. The van der Waals surface area contributed by atoms with Gasteiger partial charge in [0.25, 0.3) is 5.91 Å². The summed E-state index contributed by atoms with van der Waals surface area (Å²) in [5.41, 5.74) is 1.70. The highest BCUT2D eigenvalue weighted by molar-refractivity contribution is 8.00. The molecule has 1 fully saturated rings. The van der Waals surface area contributed by atoms with Crippen LogP contribution in [0.2, 0.25) is 0 Å². The summed E-state index contributed by atoms with van der Waals surface area (Å²) in [7, 11) is 1.54. The number of esters is 1. The van der Waals surface area contributed by atoms with Crippen LogP contribution < -0.4 is 15.4 Å². The van der Waals surface area contributed by atoms with Gasteiger partial charge in [-0.2, -0.15) is 0 Å². The zero-order valence-corrected chi connectivity index (χ0v) is 23.9. The molecule has 2 aliphatic heterocycles. The minimum absolute atomic E-state index is 0.0117. The van der Waals surface area contributed by atoms with Gasteiger partial charge in [-0.25, -0.2) is 9.59 Å². The van der Waals surface area contributed by atoms with E-state index in [1.54, 1.807) is 73.8 Å². The lowest BCUT2D eigenvalue weighted by Gasteiger charge is -2.49. The van der Waals surface area contributed by atoms with Crippen molar-refractivity contribution in [2.75, 3.05) is 12.9 Å². The highest BCUT2D eigenvalue weighted by Crippen LogP contribution is 2.40. The summed E-state index contributed by atoms with van der Waals surface area (Å²) < 4.78 is 15.8. The summed E-state index contributed by atoms with van der Waals surface area (Å²) in [6, 6.07) is 22.4. The standard InChI is InChI=1S/C31H29N3O8S/c1-40-22-14-12-20(13-15-22)16-41-30(38)26-23(35)18-43-29-25(28(37)34(26)29)32-27(36)24(21-10-6-3-7-11-21)33-31(39)42-17-19-8-4-2-5-9-19/h2-15,24-25,29,35H,16-18H2,1H3,(H,32,36)(H,33,39)/t24?,25?,29-/m0/s1. The molecule has 5 rings (SSSR count). The van der Waals surface area contributed by atoms with Gasteiger partial charge in [0.15, 0.2) is 5.70 Å². The Morgan fingerprint density at radius 1 is 0.930 bits per heavy atom. The van der Waals surface area contributed by atoms with Crippen LogP contribution >= 0.6 is 11.8 Å². The lowest BCUT2D eigenvalue weighted by Crippen LogP contribution is -2.71. The van der Waals surface area contributed by atoms with E-state index < -0.39 is 41.3 Å². The SMILES string of the molecule is COc1ccc(COC(=O)C2=C(O)CS[C@H]3C(NC(=O)C(NC(=O)OCc4ccccc4)c4ccccc4)C(=O)N23)cc1. The molecule has 3 aromatic rings. The van der Waals surface area contributed by atoms with Crippen molar-refractivity contribution in [1.29, 1.82) is 0 Å². The maximum absolute atomic E-state index is 13.4. The Bertz CT molecular complexity index is 1520. The van der Waals surface area contributed by atoms with Crippen molar-refractivity contribution in [1.82, 2.24) is 15.5 Å². The van der Waals surface area contributed by atoms with Gasteiger partial charge in [-0.3, -0.25) is 14.5 Å². The smallest absolute Gasteiger partial charge is 0.408 e. The summed E-state index contributed by atoms with van der Waals surface area (Å²) in [4.78, 5) is 53.3. The molecule has 2 heterocycles. The molecule has 0 aliphatic carbocycles. The van der Waals surface area contributed by atoms with Crippen molar-refractivity contribution >= 4 is 35.6 Å². The number of alkyl carbamates (subject to hydrolysis) is 1. The Hall–Kier alpha value is -4.97. The summed E-state index contributed by atoms with van der Waals surface area (Å²) in [5.74, 6) is -1.68. The third-order valence-electron chi connectivity index (χ3n) is 6.84. The molecule has 0 spiro atoms. The number of fused-ring (bicyclic) bond motifs is 1. The molecular weight excluding hydrogens is 574 g/mol. The average Bonchev–Trinajstić information content (AvgIpc) is 3.04. The van der Waals surface area contributed by atoms with Crippen LogP contribution in [0, 0.1) is 0 Å². The van der Waals surface area contributed by atoms with E-state index in [-0.39, 0.29) is 30.4 Å². The van der Waals surface area contributed by atoms with Gasteiger partial charge in [-0.1, -0.05) is 72.8 Å². The van der Waals surface area contributed by atoms with E-state index in [2.05, 4.69) is 10.6 Å². The number of hydrogen-bond acceptors (Lipinski definition) is 9. The fourth-order valence-electron chi connectivity index (χ4n) is 4.60. The predicted molar refractivity (Wildman–Crippen MR) is 156 cm³/mol. The summed E-state index contributed by atoms with van der Waals surface area (Å²) in [5, 5.41) is 15.1. The molecular formula is C31H29N3O8S. The second-order valence-electron chi connectivity index (χ2n) is 9.67. The molecule has 0 aromatic heterocycles. The van der Waals surface area contributed by atoms with Gasteiger partial charge >= 0.3 is 12.1 Å². The third kappa shape index (κ3) is 6.75. The maximum atomic E-state index is 13.4. The molecule has 12 heteroatoms. The summed E-state index contributed by atoms with van der Waals surface area (Å²) >= 11 is 1.19. The molecule has 0 radical (unpaired) electrons. The van der Waals surface area contributed by atoms with Gasteiger partial charge in [-0.15, -0.1) is 11.8 Å². The number of amides is 3. The molecule has 1 saturated heterocycles. The Morgan fingerprint density at radius 3 is 2.23 bits per heavy atom. The van der Waals surface area contributed by atoms with Crippen LogP contribution in [0.1, 0.15) is 22.7 Å². The number of carbonyl (C=O) groups is 4. The zero-order valence-electron chi connectivity index (χ0n) is 23.1. The molecule has 0 saturated carbocycles. The molecule has 2 aliphatic rings. The fourth-order valence-corrected chi connectivity index (χ4v) is 5.80. The highest BCUT2D eigenvalue weighted by atomic mass is 32.2. The molecule has 3 amide bonds. The first-order valence-corrected chi connectivity index (χ1v) is 14.4. The van der Waals surface area contributed by atoms with E-state index in [4.69, 9.17) is 14.2 Å². The molecule has 2 unspecified atom stereocenters. The van der Waals surface area contributed by atoms with Gasteiger partial charge in [0.2, 0.25) is 5.91 Å².